The lowest BCUT2D eigenvalue weighted by Crippen LogP contribution is -2.47. The molecule has 17 heavy (non-hydrogen) atoms. The van der Waals surface area contributed by atoms with Gasteiger partial charge >= 0.3 is 5.97 Å². The lowest BCUT2D eigenvalue weighted by Gasteiger charge is -2.31. The number of carbonyl (C=O) groups excluding carboxylic acids is 2. The molecule has 0 aromatic heterocycles. The van der Waals surface area contributed by atoms with Gasteiger partial charge in [0.25, 0.3) is 0 Å². The number of carboxylic acids is 1. The maximum absolute atomic E-state index is 11.7. The first-order valence-electron chi connectivity index (χ1n) is 5.50. The molecule has 7 nitrogen and oxygen atoms in total. The molecule has 0 saturated carbocycles. The van der Waals surface area contributed by atoms with Crippen LogP contribution in [0.5, 0.6) is 0 Å². The summed E-state index contributed by atoms with van der Waals surface area (Å²) in [5.41, 5.74) is 5.20. The average molecular weight is 243 g/mol. The van der Waals surface area contributed by atoms with Crippen molar-refractivity contribution in [2.75, 3.05) is 26.2 Å². The number of hydrogen-bond acceptors (Lipinski definition) is 4. The largest absolute Gasteiger partial charge is 0.480 e. The number of primary amides is 1. The number of piperidine rings is 1. The average Bonchev–Trinajstić information content (AvgIpc) is 2.28. The second-order valence-corrected chi connectivity index (χ2v) is 4.08. The van der Waals surface area contributed by atoms with Crippen LogP contribution in [-0.4, -0.2) is 54.0 Å². The summed E-state index contributed by atoms with van der Waals surface area (Å²) >= 11 is 0. The molecule has 1 atom stereocenters. The van der Waals surface area contributed by atoms with Crippen LogP contribution in [0.4, 0.5) is 0 Å². The van der Waals surface area contributed by atoms with Crippen molar-refractivity contribution < 1.29 is 19.5 Å². The minimum atomic E-state index is -1.01. The van der Waals surface area contributed by atoms with Gasteiger partial charge in [-0.3, -0.25) is 19.7 Å². The van der Waals surface area contributed by atoms with Gasteiger partial charge in [0.15, 0.2) is 0 Å². The number of likely N-dealkylation sites (tertiary alicyclic amines) is 1. The lowest BCUT2D eigenvalue weighted by atomic mass is 9.97. The third-order valence-electron chi connectivity index (χ3n) is 2.73. The van der Waals surface area contributed by atoms with Gasteiger partial charge in [0.05, 0.1) is 19.0 Å². The smallest absolute Gasteiger partial charge is 0.317 e. The molecule has 1 fully saturated rings. The lowest BCUT2D eigenvalue weighted by molar-refractivity contribution is -0.136. The SMILES string of the molecule is NC(=O)C1CCCN(C(=O)CNCC(=O)O)C1. The molecule has 0 aromatic rings. The van der Waals surface area contributed by atoms with Crippen molar-refractivity contribution in [3.8, 4) is 0 Å². The Kier molecular flexibility index (Phi) is 4.89. The number of nitrogens with one attached hydrogen (secondary N) is 1. The zero-order chi connectivity index (χ0) is 12.8. The van der Waals surface area contributed by atoms with Gasteiger partial charge in [0, 0.05) is 13.1 Å². The Hall–Kier alpha value is -1.63. The van der Waals surface area contributed by atoms with E-state index in [2.05, 4.69) is 5.32 Å². The highest BCUT2D eigenvalue weighted by molar-refractivity contribution is 5.81. The first-order valence-corrected chi connectivity index (χ1v) is 5.50. The molecule has 0 spiro atoms. The van der Waals surface area contributed by atoms with Crippen molar-refractivity contribution in [3.63, 3.8) is 0 Å². The number of carbonyl (C=O) groups is 3. The quantitative estimate of drug-likeness (QED) is 0.537. The fraction of sp³-hybridized carbons (Fsp3) is 0.700. The third kappa shape index (κ3) is 4.39. The van der Waals surface area contributed by atoms with E-state index in [9.17, 15) is 14.4 Å². The van der Waals surface area contributed by atoms with Crippen LogP contribution in [0.2, 0.25) is 0 Å². The van der Waals surface area contributed by atoms with Crippen LogP contribution in [0.25, 0.3) is 0 Å². The highest BCUT2D eigenvalue weighted by Crippen LogP contribution is 2.15. The molecule has 1 heterocycles. The molecule has 96 valence electrons. The molecule has 1 unspecified atom stereocenters. The van der Waals surface area contributed by atoms with Crippen LogP contribution in [0.3, 0.4) is 0 Å². The number of nitrogens with zero attached hydrogens (tertiary/aromatic N) is 1. The molecular formula is C10H17N3O4. The van der Waals surface area contributed by atoms with Gasteiger partial charge in [-0.25, -0.2) is 0 Å². The first kappa shape index (κ1) is 13.4. The van der Waals surface area contributed by atoms with E-state index in [4.69, 9.17) is 10.8 Å². The standard InChI is InChI=1S/C10H17N3O4/c11-10(17)7-2-1-3-13(6-7)8(14)4-12-5-9(15)16/h7,12H,1-6H2,(H2,11,17)(H,15,16). The van der Waals surface area contributed by atoms with E-state index in [-0.39, 0.29) is 30.8 Å². The molecule has 1 saturated heterocycles. The van der Waals surface area contributed by atoms with Crippen molar-refractivity contribution in [1.82, 2.24) is 10.2 Å². The summed E-state index contributed by atoms with van der Waals surface area (Å²) in [6.07, 6.45) is 1.46. The summed E-state index contributed by atoms with van der Waals surface area (Å²) in [5, 5.41) is 10.9. The molecule has 7 heteroatoms. The predicted octanol–water partition coefficient (Wildman–Crippen LogP) is -1.62. The first-order chi connectivity index (χ1) is 8.00. The van der Waals surface area contributed by atoms with Crippen LogP contribution in [0.1, 0.15) is 12.8 Å². The Morgan fingerprint density at radius 2 is 2.06 bits per heavy atom. The summed E-state index contributed by atoms with van der Waals surface area (Å²) in [6, 6.07) is 0. The van der Waals surface area contributed by atoms with E-state index in [0.29, 0.717) is 19.5 Å². The molecule has 0 aromatic carbocycles. The molecule has 0 bridgehead atoms. The second-order valence-electron chi connectivity index (χ2n) is 4.08. The van der Waals surface area contributed by atoms with Crippen LogP contribution in [-0.2, 0) is 14.4 Å². The fourth-order valence-electron chi connectivity index (χ4n) is 1.82. The number of carboxylic acid groups (broad SMARTS) is 1. The van der Waals surface area contributed by atoms with Gasteiger partial charge < -0.3 is 15.7 Å². The number of hydrogen-bond donors (Lipinski definition) is 3. The third-order valence-corrected chi connectivity index (χ3v) is 2.73. The fourth-order valence-corrected chi connectivity index (χ4v) is 1.82. The maximum atomic E-state index is 11.7. The number of aliphatic carboxylic acids is 1. The van der Waals surface area contributed by atoms with Gasteiger partial charge in [0.1, 0.15) is 0 Å². The van der Waals surface area contributed by atoms with Crippen LogP contribution >= 0.6 is 0 Å². The van der Waals surface area contributed by atoms with Crippen LogP contribution in [0.15, 0.2) is 0 Å². The van der Waals surface area contributed by atoms with E-state index >= 15 is 0 Å². The minimum absolute atomic E-state index is 0.0300. The molecule has 1 aliphatic heterocycles. The highest BCUT2D eigenvalue weighted by Gasteiger charge is 2.26. The summed E-state index contributed by atoms with van der Waals surface area (Å²) in [7, 11) is 0. The van der Waals surface area contributed by atoms with Crippen molar-refractivity contribution >= 4 is 17.8 Å². The zero-order valence-corrected chi connectivity index (χ0v) is 9.52. The van der Waals surface area contributed by atoms with Gasteiger partial charge in [-0.1, -0.05) is 0 Å². The molecule has 1 aliphatic rings. The number of rotatable bonds is 5. The van der Waals surface area contributed by atoms with Crippen molar-refractivity contribution in [2.24, 2.45) is 11.7 Å². The Labute approximate surface area is 98.9 Å². The van der Waals surface area contributed by atoms with E-state index in [0.717, 1.165) is 6.42 Å². The Balaban J connectivity index is 2.35. The molecule has 0 radical (unpaired) electrons. The molecule has 1 rings (SSSR count). The number of nitrogens with two attached hydrogens (primary N) is 1. The van der Waals surface area contributed by atoms with E-state index in [1.54, 1.807) is 4.90 Å². The van der Waals surface area contributed by atoms with Gasteiger partial charge in [-0.15, -0.1) is 0 Å². The van der Waals surface area contributed by atoms with E-state index in [1.165, 1.54) is 0 Å². The zero-order valence-electron chi connectivity index (χ0n) is 9.52. The van der Waals surface area contributed by atoms with Gasteiger partial charge in [-0.2, -0.15) is 0 Å². The summed E-state index contributed by atoms with van der Waals surface area (Å²) in [5.74, 6) is -1.88. The van der Waals surface area contributed by atoms with Crippen LogP contribution < -0.4 is 11.1 Å². The van der Waals surface area contributed by atoms with Gasteiger partial charge in [0.2, 0.25) is 11.8 Å². The van der Waals surface area contributed by atoms with Crippen molar-refractivity contribution in [3.05, 3.63) is 0 Å². The van der Waals surface area contributed by atoms with E-state index in [1.807, 2.05) is 0 Å². The van der Waals surface area contributed by atoms with E-state index < -0.39 is 5.97 Å². The molecular weight excluding hydrogens is 226 g/mol. The molecule has 0 aliphatic carbocycles. The summed E-state index contributed by atoms with van der Waals surface area (Å²) in [4.78, 5) is 34.5. The summed E-state index contributed by atoms with van der Waals surface area (Å²) in [6.45, 7) is 0.650. The second kappa shape index (κ2) is 6.19. The topological polar surface area (TPSA) is 113 Å². The van der Waals surface area contributed by atoms with Crippen LogP contribution in [0, 0.1) is 5.92 Å². The maximum Gasteiger partial charge on any atom is 0.317 e. The predicted molar refractivity (Wildman–Crippen MR) is 59.0 cm³/mol. The highest BCUT2D eigenvalue weighted by atomic mass is 16.4. The monoisotopic (exact) mass is 243 g/mol. The van der Waals surface area contributed by atoms with Crippen molar-refractivity contribution in [1.29, 1.82) is 0 Å². The Morgan fingerprint density at radius 1 is 1.35 bits per heavy atom. The van der Waals surface area contributed by atoms with Gasteiger partial charge in [-0.05, 0) is 12.8 Å². The van der Waals surface area contributed by atoms with Crippen molar-refractivity contribution in [2.45, 2.75) is 12.8 Å². The minimum Gasteiger partial charge on any atom is -0.480 e. The Bertz CT molecular complexity index is 319. The summed E-state index contributed by atoms with van der Waals surface area (Å²) < 4.78 is 0. The Morgan fingerprint density at radius 3 is 2.65 bits per heavy atom. The normalized spacial score (nSPS) is 20.0. The molecule has 2 amide bonds. The molecule has 4 N–H and O–H groups in total. The number of amides is 2.